The van der Waals surface area contributed by atoms with Crippen molar-refractivity contribution in [1.29, 1.82) is 0 Å². The summed E-state index contributed by atoms with van der Waals surface area (Å²) < 4.78 is 5.67. The first kappa shape index (κ1) is 22.6. The molecule has 2 aliphatic heterocycles. The lowest BCUT2D eigenvalue weighted by molar-refractivity contribution is -0.125. The minimum atomic E-state index is 0.0712. The molecule has 0 unspecified atom stereocenters. The third-order valence-corrected chi connectivity index (χ3v) is 7.34. The Labute approximate surface area is 188 Å². The first-order valence-electron chi connectivity index (χ1n) is 12.5. The van der Waals surface area contributed by atoms with Crippen LogP contribution in [0, 0.1) is 5.92 Å². The first-order valence-corrected chi connectivity index (χ1v) is 12.5. The molecule has 2 fully saturated rings. The van der Waals surface area contributed by atoms with E-state index in [1.807, 2.05) is 0 Å². The highest BCUT2D eigenvalue weighted by Crippen LogP contribution is 2.37. The Hall–Kier alpha value is -1.59. The number of amides is 1. The molecule has 0 atom stereocenters. The Bertz CT molecular complexity index is 742. The molecule has 3 aliphatic rings. The van der Waals surface area contributed by atoms with Gasteiger partial charge in [-0.3, -0.25) is 14.6 Å². The number of nitrogens with zero attached hydrogens (tertiary/aromatic N) is 2. The minimum Gasteiger partial charge on any atom is -0.493 e. The van der Waals surface area contributed by atoms with Crippen LogP contribution in [-0.2, 0) is 17.8 Å². The van der Waals surface area contributed by atoms with E-state index in [2.05, 4.69) is 47.2 Å². The highest BCUT2D eigenvalue weighted by atomic mass is 16.5. The van der Waals surface area contributed by atoms with Crippen molar-refractivity contribution in [3.63, 3.8) is 0 Å². The number of benzene rings is 1. The second-order valence-corrected chi connectivity index (χ2v) is 10.3. The van der Waals surface area contributed by atoms with Crippen molar-refractivity contribution in [2.75, 3.05) is 39.3 Å². The van der Waals surface area contributed by atoms with E-state index in [1.165, 1.54) is 43.2 Å². The normalized spacial score (nSPS) is 23.3. The maximum Gasteiger partial charge on any atom is 0.221 e. The van der Waals surface area contributed by atoms with Crippen LogP contribution in [-0.4, -0.2) is 60.6 Å². The smallest absolute Gasteiger partial charge is 0.221 e. The van der Waals surface area contributed by atoms with Gasteiger partial charge in [0.15, 0.2) is 0 Å². The summed E-state index contributed by atoms with van der Waals surface area (Å²) in [5.74, 6) is 1.92. The number of ether oxygens (including phenoxy) is 1. The number of carbonyl (C=O) groups excluding carboxylic acids is 1. The fourth-order valence-corrected chi connectivity index (χ4v) is 5.84. The first-order chi connectivity index (χ1) is 15.0. The molecule has 2 heterocycles. The summed E-state index contributed by atoms with van der Waals surface area (Å²) in [7, 11) is 0. The van der Waals surface area contributed by atoms with Crippen molar-refractivity contribution in [2.24, 2.45) is 5.92 Å². The second kappa shape index (κ2) is 10.4. The Kier molecular flexibility index (Phi) is 7.55. The van der Waals surface area contributed by atoms with Crippen molar-refractivity contribution in [2.45, 2.75) is 77.3 Å². The summed E-state index contributed by atoms with van der Waals surface area (Å²) in [6.07, 6.45) is 9.04. The number of hydrogen-bond acceptors (Lipinski definition) is 4. The van der Waals surface area contributed by atoms with Gasteiger partial charge in [-0.1, -0.05) is 45.2 Å². The number of hydrogen-bond donors (Lipinski definition) is 1. The predicted molar refractivity (Wildman–Crippen MR) is 125 cm³/mol. The highest BCUT2D eigenvalue weighted by Gasteiger charge is 2.39. The van der Waals surface area contributed by atoms with Gasteiger partial charge in [-0.25, -0.2) is 0 Å². The van der Waals surface area contributed by atoms with Gasteiger partial charge in [-0.15, -0.1) is 0 Å². The molecule has 1 saturated carbocycles. The molecule has 172 valence electrons. The Morgan fingerprint density at radius 2 is 1.94 bits per heavy atom. The van der Waals surface area contributed by atoms with Crippen LogP contribution < -0.4 is 10.1 Å². The van der Waals surface area contributed by atoms with Gasteiger partial charge in [0.25, 0.3) is 0 Å². The van der Waals surface area contributed by atoms with Crippen molar-refractivity contribution in [3.8, 4) is 5.75 Å². The lowest BCUT2D eigenvalue weighted by Gasteiger charge is -2.47. The summed E-state index contributed by atoms with van der Waals surface area (Å²) >= 11 is 0. The van der Waals surface area contributed by atoms with Gasteiger partial charge in [-0.05, 0) is 55.5 Å². The molecule has 0 aromatic heterocycles. The van der Waals surface area contributed by atoms with E-state index in [1.54, 1.807) is 0 Å². The summed E-state index contributed by atoms with van der Waals surface area (Å²) in [6, 6.07) is 6.65. The molecule has 1 aromatic carbocycles. The maximum absolute atomic E-state index is 12.9. The standard InChI is InChI=1S/C26H41N3O2/c1-21(2)19-29-14-6-13-28(20-22-7-8-24-23(17-22)9-16-31-24)15-12-27-25(30)18-26(29)10-4-3-5-11-26/h7-8,17,21H,3-6,9-16,18-20H2,1-2H3,(H,27,30). The van der Waals surface area contributed by atoms with Gasteiger partial charge in [0.05, 0.1) is 6.61 Å². The SMILES string of the molecule is CC(C)CN1CCCN(Cc2ccc3c(c2)CCO3)CCNC(=O)CC12CCCCC2. The van der Waals surface area contributed by atoms with Gasteiger partial charge in [-0.2, -0.15) is 0 Å². The van der Waals surface area contributed by atoms with E-state index in [0.29, 0.717) is 12.3 Å². The molecule has 0 radical (unpaired) electrons. The van der Waals surface area contributed by atoms with E-state index < -0.39 is 0 Å². The molecule has 0 bridgehead atoms. The zero-order chi connectivity index (χ0) is 21.7. The summed E-state index contributed by atoms with van der Waals surface area (Å²) in [6.45, 7) is 11.3. The average Bonchev–Trinajstić information content (AvgIpc) is 3.20. The molecular formula is C26H41N3O2. The van der Waals surface area contributed by atoms with Gasteiger partial charge >= 0.3 is 0 Å². The van der Waals surface area contributed by atoms with Gasteiger partial charge in [0.1, 0.15) is 5.75 Å². The molecule has 1 aromatic rings. The van der Waals surface area contributed by atoms with Crippen LogP contribution >= 0.6 is 0 Å². The number of fused-ring (bicyclic) bond motifs is 1. The van der Waals surface area contributed by atoms with Crippen LogP contribution in [0.4, 0.5) is 0 Å². The van der Waals surface area contributed by atoms with Gasteiger partial charge in [0.2, 0.25) is 5.91 Å². The third kappa shape index (κ3) is 5.81. The zero-order valence-electron chi connectivity index (χ0n) is 19.6. The Morgan fingerprint density at radius 3 is 2.74 bits per heavy atom. The van der Waals surface area contributed by atoms with Crippen molar-refractivity contribution < 1.29 is 9.53 Å². The van der Waals surface area contributed by atoms with Gasteiger partial charge < -0.3 is 10.1 Å². The van der Waals surface area contributed by atoms with Crippen LogP contribution in [0.3, 0.4) is 0 Å². The largest absolute Gasteiger partial charge is 0.493 e. The molecule has 5 nitrogen and oxygen atoms in total. The molecule has 5 heteroatoms. The fraction of sp³-hybridized carbons (Fsp3) is 0.731. The van der Waals surface area contributed by atoms with E-state index in [9.17, 15) is 4.79 Å². The van der Waals surface area contributed by atoms with Crippen LogP contribution in [0.1, 0.15) is 69.9 Å². The summed E-state index contributed by atoms with van der Waals surface area (Å²) in [4.78, 5) is 18.2. The topological polar surface area (TPSA) is 44.8 Å². The monoisotopic (exact) mass is 427 g/mol. The van der Waals surface area contributed by atoms with Crippen LogP contribution in [0.15, 0.2) is 18.2 Å². The van der Waals surface area contributed by atoms with Gasteiger partial charge in [0, 0.05) is 44.6 Å². The fourth-order valence-electron chi connectivity index (χ4n) is 5.84. The van der Waals surface area contributed by atoms with E-state index in [-0.39, 0.29) is 11.4 Å². The second-order valence-electron chi connectivity index (χ2n) is 10.3. The Morgan fingerprint density at radius 1 is 1.10 bits per heavy atom. The number of nitrogens with one attached hydrogen (secondary N) is 1. The molecule has 4 rings (SSSR count). The average molecular weight is 428 g/mol. The van der Waals surface area contributed by atoms with Crippen LogP contribution in [0.5, 0.6) is 5.75 Å². The summed E-state index contributed by atoms with van der Waals surface area (Å²) in [5.41, 5.74) is 2.76. The van der Waals surface area contributed by atoms with Crippen LogP contribution in [0.2, 0.25) is 0 Å². The predicted octanol–water partition coefficient (Wildman–Crippen LogP) is 3.99. The lowest BCUT2D eigenvalue weighted by atomic mass is 9.77. The van der Waals surface area contributed by atoms with E-state index >= 15 is 0 Å². The molecule has 1 spiro atoms. The molecular weight excluding hydrogens is 386 g/mol. The van der Waals surface area contributed by atoms with Crippen molar-refractivity contribution >= 4 is 5.91 Å². The molecule has 31 heavy (non-hydrogen) atoms. The quantitative estimate of drug-likeness (QED) is 0.789. The van der Waals surface area contributed by atoms with Crippen molar-refractivity contribution in [3.05, 3.63) is 29.3 Å². The molecule has 1 amide bonds. The lowest BCUT2D eigenvalue weighted by Crippen LogP contribution is -2.54. The van der Waals surface area contributed by atoms with Crippen molar-refractivity contribution in [1.82, 2.24) is 15.1 Å². The van der Waals surface area contributed by atoms with E-state index in [4.69, 9.17) is 4.74 Å². The maximum atomic E-state index is 12.9. The zero-order valence-corrected chi connectivity index (χ0v) is 19.6. The molecule has 1 aliphatic carbocycles. The summed E-state index contributed by atoms with van der Waals surface area (Å²) in [5, 5.41) is 3.26. The third-order valence-electron chi connectivity index (χ3n) is 7.34. The molecule has 1 N–H and O–H groups in total. The number of carbonyl (C=O) groups is 1. The number of rotatable bonds is 4. The minimum absolute atomic E-state index is 0.0712. The highest BCUT2D eigenvalue weighted by molar-refractivity contribution is 5.77. The molecule has 1 saturated heterocycles. The van der Waals surface area contributed by atoms with E-state index in [0.717, 1.165) is 64.5 Å². The van der Waals surface area contributed by atoms with Crippen LogP contribution in [0.25, 0.3) is 0 Å². The Balaban J connectivity index is 1.46.